The fraction of sp³-hybridized carbons (Fsp3) is 0.364. The van der Waals surface area contributed by atoms with Gasteiger partial charge in [0.1, 0.15) is 35.2 Å². The number of aliphatic hydroxyl groups excluding tert-OH is 1. The van der Waals surface area contributed by atoms with Crippen molar-refractivity contribution in [3.63, 3.8) is 0 Å². The summed E-state index contributed by atoms with van der Waals surface area (Å²) in [5.74, 6) is -0.163. The van der Waals surface area contributed by atoms with Crippen LogP contribution < -0.4 is 10.6 Å². The number of nitrogens with zero attached hydrogens (tertiary/aromatic N) is 5. The Hall–Kier alpha value is -3.53. The van der Waals surface area contributed by atoms with E-state index >= 15 is 0 Å². The number of imidazole rings is 1. The van der Waals surface area contributed by atoms with Gasteiger partial charge < -0.3 is 25.4 Å². The number of rotatable bonds is 6. The van der Waals surface area contributed by atoms with Crippen LogP contribution in [0.1, 0.15) is 40.5 Å². The van der Waals surface area contributed by atoms with E-state index in [0.717, 1.165) is 29.9 Å². The monoisotopic (exact) mass is 440 g/mol. The quantitative estimate of drug-likeness (QED) is 0.533. The highest BCUT2D eigenvalue weighted by molar-refractivity contribution is 5.98. The van der Waals surface area contributed by atoms with Crippen LogP contribution in [0.25, 0.3) is 11.3 Å². The van der Waals surface area contributed by atoms with E-state index in [1.54, 1.807) is 19.1 Å². The molecule has 0 radical (unpaired) electrons. The summed E-state index contributed by atoms with van der Waals surface area (Å²) >= 11 is 0. The Bertz CT molecular complexity index is 1140. The molecule has 0 atom stereocenters. The second-order valence-corrected chi connectivity index (χ2v) is 7.89. The maximum atomic E-state index is 13.7. The van der Waals surface area contributed by atoms with E-state index in [0.29, 0.717) is 31.0 Å². The molecule has 4 N–H and O–H groups in total. The fourth-order valence-electron chi connectivity index (χ4n) is 4.17. The molecule has 1 aromatic carbocycles. The normalized spacial score (nSPS) is 14.7. The molecule has 0 spiro atoms. The van der Waals surface area contributed by atoms with Gasteiger partial charge in [-0.1, -0.05) is 0 Å². The number of carboxylic acid groups (broad SMARTS) is 1. The molecule has 0 unspecified atom stereocenters. The molecular weight excluding hydrogens is 415 g/mol. The number of nitrogen functional groups attached to an aromatic ring is 1. The Morgan fingerprint density at radius 2 is 2.03 bits per heavy atom. The average molecular weight is 440 g/mol. The highest BCUT2D eigenvalue weighted by Gasteiger charge is 2.29. The maximum absolute atomic E-state index is 13.7. The van der Waals surface area contributed by atoms with Crippen LogP contribution in [-0.4, -0.2) is 55.4 Å². The zero-order valence-corrected chi connectivity index (χ0v) is 17.7. The molecule has 1 aliphatic rings. The average Bonchev–Trinajstić information content (AvgIpc) is 3.19. The summed E-state index contributed by atoms with van der Waals surface area (Å²) in [6.07, 6.45) is 4.62. The van der Waals surface area contributed by atoms with Gasteiger partial charge in [0.2, 0.25) is 0 Å². The Balaban J connectivity index is 1.57. The minimum atomic E-state index is -1.15. The van der Waals surface area contributed by atoms with E-state index < -0.39 is 5.97 Å². The number of aromatic carboxylic acids is 1. The molecular formula is C22H25FN6O3. The summed E-state index contributed by atoms with van der Waals surface area (Å²) in [4.78, 5) is 26.3. The van der Waals surface area contributed by atoms with E-state index in [-0.39, 0.29) is 29.7 Å². The third-order valence-electron chi connectivity index (χ3n) is 5.83. The molecule has 10 heteroatoms. The molecule has 4 rings (SSSR count). The highest BCUT2D eigenvalue weighted by Crippen LogP contribution is 2.33. The molecule has 9 nitrogen and oxygen atoms in total. The standard InChI is InChI=1S/C22H25FN6O3/c1-13-10-15(2-3-16(13)23)17-11-29(8-9-30)20(27-17)14-4-6-28(7-5-14)21-18(22(31)32)19(24)25-12-26-21/h2-3,10-12,14,30H,4-9H2,1H3,(H,31,32)(H2,24,25,26). The lowest BCUT2D eigenvalue weighted by atomic mass is 9.95. The first-order valence-corrected chi connectivity index (χ1v) is 10.4. The van der Waals surface area contributed by atoms with E-state index in [9.17, 15) is 19.4 Å². The predicted octanol–water partition coefficient (Wildman–Crippen LogP) is 2.44. The summed E-state index contributed by atoms with van der Waals surface area (Å²) in [5.41, 5.74) is 7.78. The molecule has 2 aromatic heterocycles. The number of halogens is 1. The number of aromatic nitrogens is 4. The second-order valence-electron chi connectivity index (χ2n) is 7.89. The van der Waals surface area contributed by atoms with Crippen molar-refractivity contribution in [2.45, 2.75) is 32.2 Å². The fourth-order valence-corrected chi connectivity index (χ4v) is 4.17. The number of anilines is 2. The lowest BCUT2D eigenvalue weighted by Crippen LogP contribution is -2.35. The van der Waals surface area contributed by atoms with Gasteiger partial charge in [-0.25, -0.2) is 24.1 Å². The van der Waals surface area contributed by atoms with Crippen LogP contribution >= 0.6 is 0 Å². The second kappa shape index (κ2) is 8.91. The van der Waals surface area contributed by atoms with Crippen LogP contribution in [-0.2, 0) is 6.54 Å². The number of hydrogen-bond donors (Lipinski definition) is 3. The van der Waals surface area contributed by atoms with Gasteiger partial charge in [-0.05, 0) is 43.5 Å². The lowest BCUT2D eigenvalue weighted by molar-refractivity contribution is 0.0698. The Morgan fingerprint density at radius 1 is 1.28 bits per heavy atom. The van der Waals surface area contributed by atoms with Gasteiger partial charge in [-0.2, -0.15) is 0 Å². The summed E-state index contributed by atoms with van der Waals surface area (Å²) in [6, 6.07) is 4.90. The maximum Gasteiger partial charge on any atom is 0.343 e. The van der Waals surface area contributed by atoms with Crippen molar-refractivity contribution >= 4 is 17.6 Å². The zero-order chi connectivity index (χ0) is 22.8. The van der Waals surface area contributed by atoms with Crippen LogP contribution in [0.2, 0.25) is 0 Å². The molecule has 168 valence electrons. The number of piperidine rings is 1. The smallest absolute Gasteiger partial charge is 0.343 e. The molecule has 3 heterocycles. The number of carbonyl (C=O) groups is 1. The van der Waals surface area contributed by atoms with E-state index in [2.05, 4.69) is 9.97 Å². The van der Waals surface area contributed by atoms with Gasteiger partial charge in [0.05, 0.1) is 12.3 Å². The van der Waals surface area contributed by atoms with Crippen LogP contribution in [0.4, 0.5) is 16.0 Å². The number of aryl methyl sites for hydroxylation is 1. The third-order valence-corrected chi connectivity index (χ3v) is 5.83. The summed E-state index contributed by atoms with van der Waals surface area (Å²) in [6.45, 7) is 3.27. The number of aliphatic hydroxyl groups is 1. The number of nitrogens with two attached hydrogens (primary N) is 1. The summed E-state index contributed by atoms with van der Waals surface area (Å²) in [7, 11) is 0. The van der Waals surface area contributed by atoms with Gasteiger partial charge in [-0.3, -0.25) is 0 Å². The van der Waals surface area contributed by atoms with E-state index in [1.807, 2.05) is 15.7 Å². The topological polar surface area (TPSA) is 130 Å². The summed E-state index contributed by atoms with van der Waals surface area (Å²) < 4.78 is 15.6. The van der Waals surface area contributed by atoms with Gasteiger partial charge in [0.25, 0.3) is 0 Å². The van der Waals surface area contributed by atoms with Gasteiger partial charge in [0, 0.05) is 37.3 Å². The number of carboxylic acids is 1. The molecule has 0 saturated carbocycles. The minimum Gasteiger partial charge on any atom is -0.477 e. The van der Waals surface area contributed by atoms with Crippen LogP contribution in [0, 0.1) is 12.7 Å². The first-order chi connectivity index (χ1) is 15.4. The molecule has 0 aliphatic carbocycles. The first kappa shape index (κ1) is 21.7. The van der Waals surface area contributed by atoms with Crippen molar-refractivity contribution in [3.05, 3.63) is 53.5 Å². The van der Waals surface area contributed by atoms with Crippen molar-refractivity contribution < 1.29 is 19.4 Å². The largest absolute Gasteiger partial charge is 0.477 e. The Morgan fingerprint density at radius 3 is 2.69 bits per heavy atom. The molecule has 0 bridgehead atoms. The Kier molecular flexibility index (Phi) is 6.04. The number of hydrogen-bond acceptors (Lipinski definition) is 7. The molecule has 0 amide bonds. The van der Waals surface area contributed by atoms with Crippen LogP contribution in [0.15, 0.2) is 30.7 Å². The zero-order valence-electron chi connectivity index (χ0n) is 17.7. The third kappa shape index (κ3) is 4.13. The van der Waals surface area contributed by atoms with Crippen molar-refractivity contribution in [1.82, 2.24) is 19.5 Å². The van der Waals surface area contributed by atoms with E-state index in [1.165, 1.54) is 12.4 Å². The van der Waals surface area contributed by atoms with Gasteiger partial charge >= 0.3 is 5.97 Å². The number of benzene rings is 1. The SMILES string of the molecule is Cc1cc(-c2cn(CCO)c(C3CCN(c4ncnc(N)c4C(=O)O)CC3)n2)ccc1F. The molecule has 32 heavy (non-hydrogen) atoms. The van der Waals surface area contributed by atoms with Gasteiger partial charge in [0.15, 0.2) is 0 Å². The lowest BCUT2D eigenvalue weighted by Gasteiger charge is -2.33. The van der Waals surface area contributed by atoms with Crippen molar-refractivity contribution in [3.8, 4) is 11.3 Å². The molecule has 1 fully saturated rings. The molecule has 1 aliphatic heterocycles. The van der Waals surface area contributed by atoms with Crippen LogP contribution in [0.3, 0.4) is 0 Å². The van der Waals surface area contributed by atoms with Crippen molar-refractivity contribution in [2.75, 3.05) is 30.3 Å². The molecule has 1 saturated heterocycles. The highest BCUT2D eigenvalue weighted by atomic mass is 19.1. The van der Waals surface area contributed by atoms with Crippen LogP contribution in [0.5, 0.6) is 0 Å². The van der Waals surface area contributed by atoms with Gasteiger partial charge in [-0.15, -0.1) is 0 Å². The summed E-state index contributed by atoms with van der Waals surface area (Å²) in [5, 5.41) is 19.0. The van der Waals surface area contributed by atoms with Crippen molar-refractivity contribution in [1.29, 1.82) is 0 Å². The molecule has 3 aromatic rings. The predicted molar refractivity (Wildman–Crippen MR) is 117 cm³/mol. The first-order valence-electron chi connectivity index (χ1n) is 10.4. The van der Waals surface area contributed by atoms with Crippen molar-refractivity contribution in [2.24, 2.45) is 0 Å². The van der Waals surface area contributed by atoms with E-state index in [4.69, 9.17) is 10.7 Å². The minimum absolute atomic E-state index is 0.0216. The Labute approximate surface area is 184 Å².